The van der Waals surface area contributed by atoms with E-state index < -0.39 is 0 Å². The summed E-state index contributed by atoms with van der Waals surface area (Å²) >= 11 is 0. The molecule has 1 aromatic carbocycles. The minimum absolute atomic E-state index is 0.249. The fourth-order valence-corrected chi connectivity index (χ4v) is 1.60. The van der Waals surface area contributed by atoms with Crippen LogP contribution in [0.3, 0.4) is 0 Å². The lowest BCUT2D eigenvalue weighted by Crippen LogP contribution is -1.97. The van der Waals surface area contributed by atoms with Crippen LogP contribution in [0, 0.1) is 5.82 Å². The maximum atomic E-state index is 13.5. The van der Waals surface area contributed by atoms with E-state index in [0.717, 1.165) is 12.0 Å². The molecule has 0 bridgehead atoms. The zero-order valence-corrected chi connectivity index (χ0v) is 9.52. The molecule has 0 aliphatic heterocycles. The monoisotopic (exact) mass is 218 g/mol. The fraction of sp³-hybridized carbons (Fsp3) is 0.308. The molecular formula is C13H15FN2. The van der Waals surface area contributed by atoms with Gasteiger partial charge < -0.3 is 0 Å². The first-order valence-corrected chi connectivity index (χ1v) is 5.52. The first-order valence-electron chi connectivity index (χ1n) is 5.52. The van der Waals surface area contributed by atoms with Crippen LogP contribution in [0.25, 0.3) is 5.69 Å². The van der Waals surface area contributed by atoms with E-state index in [2.05, 4.69) is 18.9 Å². The van der Waals surface area contributed by atoms with Crippen molar-refractivity contribution < 1.29 is 4.39 Å². The van der Waals surface area contributed by atoms with E-state index in [1.165, 1.54) is 6.07 Å². The van der Waals surface area contributed by atoms with Crippen molar-refractivity contribution in [3.8, 4) is 5.69 Å². The lowest BCUT2D eigenvalue weighted by atomic mass is 10.0. The summed E-state index contributed by atoms with van der Waals surface area (Å²) in [6, 6.07) is 6.66. The van der Waals surface area contributed by atoms with E-state index >= 15 is 0 Å². The van der Waals surface area contributed by atoms with Gasteiger partial charge in [-0.1, -0.05) is 26.0 Å². The van der Waals surface area contributed by atoms with Crippen molar-refractivity contribution in [3.05, 3.63) is 48.0 Å². The molecule has 1 heterocycles. The van der Waals surface area contributed by atoms with Crippen LogP contribution in [-0.4, -0.2) is 9.78 Å². The van der Waals surface area contributed by atoms with E-state index in [1.54, 1.807) is 23.0 Å². The number of para-hydroxylation sites is 1. The summed E-state index contributed by atoms with van der Waals surface area (Å²) < 4.78 is 15.1. The summed E-state index contributed by atoms with van der Waals surface area (Å²) in [6.07, 6.45) is 4.76. The number of hydrogen-bond acceptors (Lipinski definition) is 1. The topological polar surface area (TPSA) is 17.8 Å². The van der Waals surface area contributed by atoms with E-state index in [1.807, 2.05) is 12.3 Å². The maximum absolute atomic E-state index is 13.5. The predicted molar refractivity (Wildman–Crippen MR) is 62.2 cm³/mol. The van der Waals surface area contributed by atoms with Crippen LogP contribution in [0.1, 0.15) is 31.7 Å². The molecule has 2 rings (SSSR count). The van der Waals surface area contributed by atoms with Crippen molar-refractivity contribution in [2.24, 2.45) is 0 Å². The third kappa shape index (κ3) is 1.98. The van der Waals surface area contributed by atoms with E-state index in [4.69, 9.17) is 0 Å². The minimum Gasteiger partial charge on any atom is -0.238 e. The smallest absolute Gasteiger partial charge is 0.148 e. The summed E-state index contributed by atoms with van der Waals surface area (Å²) in [4.78, 5) is 0. The summed E-state index contributed by atoms with van der Waals surface area (Å²) in [7, 11) is 0. The van der Waals surface area contributed by atoms with Crippen LogP contribution in [0.5, 0.6) is 0 Å². The Balaban J connectivity index is 2.35. The summed E-state index contributed by atoms with van der Waals surface area (Å²) in [5.41, 5.74) is 1.64. The highest BCUT2D eigenvalue weighted by Crippen LogP contribution is 2.20. The Hall–Kier alpha value is -1.64. The Morgan fingerprint density at radius 2 is 2.12 bits per heavy atom. The second-order valence-corrected chi connectivity index (χ2v) is 3.98. The van der Waals surface area contributed by atoms with Crippen LogP contribution in [0.2, 0.25) is 0 Å². The van der Waals surface area contributed by atoms with Gasteiger partial charge in [0.15, 0.2) is 0 Å². The van der Waals surface area contributed by atoms with Crippen LogP contribution < -0.4 is 0 Å². The first-order chi connectivity index (χ1) is 7.72. The van der Waals surface area contributed by atoms with E-state index in [9.17, 15) is 4.39 Å². The summed E-state index contributed by atoms with van der Waals surface area (Å²) in [5, 5.41) is 4.19. The van der Waals surface area contributed by atoms with Crippen LogP contribution >= 0.6 is 0 Å². The van der Waals surface area contributed by atoms with Crippen LogP contribution in [0.4, 0.5) is 4.39 Å². The van der Waals surface area contributed by atoms with Crippen molar-refractivity contribution in [3.63, 3.8) is 0 Å². The molecule has 1 unspecified atom stereocenters. The first kappa shape index (κ1) is 10.9. The molecule has 0 fully saturated rings. The molecule has 0 radical (unpaired) electrons. The molecule has 1 aromatic heterocycles. The highest BCUT2D eigenvalue weighted by molar-refractivity contribution is 5.33. The second kappa shape index (κ2) is 4.47. The van der Waals surface area contributed by atoms with Crippen molar-refractivity contribution in [2.75, 3.05) is 0 Å². The van der Waals surface area contributed by atoms with Gasteiger partial charge in [0.25, 0.3) is 0 Å². The van der Waals surface area contributed by atoms with Gasteiger partial charge in [-0.15, -0.1) is 0 Å². The average Bonchev–Trinajstić information content (AvgIpc) is 2.78. The Labute approximate surface area is 94.7 Å². The van der Waals surface area contributed by atoms with Crippen LogP contribution in [0.15, 0.2) is 36.7 Å². The van der Waals surface area contributed by atoms with Gasteiger partial charge in [0.1, 0.15) is 11.5 Å². The molecule has 0 aliphatic rings. The van der Waals surface area contributed by atoms with Gasteiger partial charge in [-0.25, -0.2) is 9.07 Å². The van der Waals surface area contributed by atoms with Gasteiger partial charge in [0.2, 0.25) is 0 Å². The largest absolute Gasteiger partial charge is 0.238 e. The van der Waals surface area contributed by atoms with Crippen molar-refractivity contribution >= 4 is 0 Å². The predicted octanol–water partition coefficient (Wildman–Crippen LogP) is 3.52. The standard InChI is InChI=1S/C13H15FN2/c1-3-10(2)11-8-15-16(9-11)13-7-5-4-6-12(13)14/h4-10H,3H2,1-2H3. The number of aromatic nitrogens is 2. The molecule has 0 saturated heterocycles. The molecule has 0 amide bonds. The molecule has 0 spiro atoms. The molecule has 2 aromatic rings. The number of benzene rings is 1. The SMILES string of the molecule is CCC(C)c1cnn(-c2ccccc2F)c1. The lowest BCUT2D eigenvalue weighted by molar-refractivity contribution is 0.610. The quantitative estimate of drug-likeness (QED) is 0.770. The molecule has 0 N–H and O–H groups in total. The average molecular weight is 218 g/mol. The molecule has 1 atom stereocenters. The van der Waals surface area contributed by atoms with E-state index in [-0.39, 0.29) is 5.82 Å². The Morgan fingerprint density at radius 3 is 2.81 bits per heavy atom. The highest BCUT2D eigenvalue weighted by atomic mass is 19.1. The zero-order chi connectivity index (χ0) is 11.5. The Bertz CT molecular complexity index is 476. The van der Waals surface area contributed by atoms with Gasteiger partial charge in [-0.05, 0) is 30.0 Å². The molecule has 0 saturated carbocycles. The molecule has 16 heavy (non-hydrogen) atoms. The van der Waals surface area contributed by atoms with Gasteiger partial charge in [-0.3, -0.25) is 0 Å². The molecule has 84 valence electrons. The highest BCUT2D eigenvalue weighted by Gasteiger charge is 2.08. The van der Waals surface area contributed by atoms with Gasteiger partial charge in [0, 0.05) is 6.20 Å². The van der Waals surface area contributed by atoms with Gasteiger partial charge >= 0.3 is 0 Å². The molecule has 3 heteroatoms. The van der Waals surface area contributed by atoms with Crippen molar-refractivity contribution in [1.29, 1.82) is 0 Å². The van der Waals surface area contributed by atoms with Crippen molar-refractivity contribution in [1.82, 2.24) is 9.78 Å². The van der Waals surface area contributed by atoms with Gasteiger partial charge in [-0.2, -0.15) is 5.10 Å². The van der Waals surface area contributed by atoms with Gasteiger partial charge in [0.05, 0.1) is 6.20 Å². The molecule has 2 nitrogen and oxygen atoms in total. The lowest BCUT2D eigenvalue weighted by Gasteiger charge is -2.04. The van der Waals surface area contributed by atoms with Crippen molar-refractivity contribution in [2.45, 2.75) is 26.2 Å². The maximum Gasteiger partial charge on any atom is 0.148 e. The minimum atomic E-state index is -0.249. The number of halogens is 1. The number of hydrogen-bond donors (Lipinski definition) is 0. The third-order valence-electron chi connectivity index (χ3n) is 2.88. The van der Waals surface area contributed by atoms with E-state index in [0.29, 0.717) is 11.6 Å². The van der Waals surface area contributed by atoms with Crippen LogP contribution in [-0.2, 0) is 0 Å². The Morgan fingerprint density at radius 1 is 1.38 bits per heavy atom. The fourth-order valence-electron chi connectivity index (χ4n) is 1.60. The molecule has 0 aliphatic carbocycles. The molecular weight excluding hydrogens is 203 g/mol. The zero-order valence-electron chi connectivity index (χ0n) is 9.52. The normalized spacial score (nSPS) is 12.7. The second-order valence-electron chi connectivity index (χ2n) is 3.98. The summed E-state index contributed by atoms with van der Waals surface area (Å²) in [6.45, 7) is 4.27. The third-order valence-corrected chi connectivity index (χ3v) is 2.88. The Kier molecular flexibility index (Phi) is 3.04. The number of rotatable bonds is 3. The number of nitrogens with zero attached hydrogens (tertiary/aromatic N) is 2. The summed E-state index contributed by atoms with van der Waals surface area (Å²) in [5.74, 6) is 0.210.